The van der Waals surface area contributed by atoms with E-state index in [0.29, 0.717) is 22.7 Å². The molecule has 0 spiro atoms. The molecule has 0 aliphatic carbocycles. The molecular weight excluding hydrogens is 582 g/mol. The quantitative estimate of drug-likeness (QED) is 0.197. The maximum Gasteiger partial charge on any atom is 0.264 e. The number of halogens is 1. The Labute approximate surface area is 259 Å². The minimum absolute atomic E-state index is 0.0119. The van der Waals surface area contributed by atoms with Crippen LogP contribution in [-0.2, 0) is 32.6 Å². The first-order chi connectivity index (χ1) is 20.7. The standard InChI is InChI=1S/C34H36ClN3O4S/c1-3-26(2)36-34(40)32(23-27-15-7-4-8-16-27)37(24-28-17-13-14-22-31(28)35)33(39)25-38(29-18-9-5-10-19-29)43(41,42)30-20-11-6-12-21-30/h4-22,26,32H,3,23-25H2,1-2H3,(H,36,40)/t26-,32+/m1/s1. The number of rotatable bonds is 13. The molecule has 7 nitrogen and oxygen atoms in total. The number of hydrogen-bond donors (Lipinski definition) is 1. The summed E-state index contributed by atoms with van der Waals surface area (Å²) < 4.78 is 29.0. The van der Waals surface area contributed by atoms with Gasteiger partial charge in [0.1, 0.15) is 12.6 Å². The summed E-state index contributed by atoms with van der Waals surface area (Å²) in [4.78, 5) is 29.8. The fraction of sp³-hybridized carbons (Fsp3) is 0.235. The van der Waals surface area contributed by atoms with Gasteiger partial charge in [-0.25, -0.2) is 8.42 Å². The zero-order valence-electron chi connectivity index (χ0n) is 24.3. The van der Waals surface area contributed by atoms with Crippen molar-refractivity contribution in [3.8, 4) is 0 Å². The van der Waals surface area contributed by atoms with E-state index in [0.717, 1.165) is 9.87 Å². The van der Waals surface area contributed by atoms with E-state index in [1.54, 1.807) is 66.7 Å². The molecule has 4 aromatic carbocycles. The molecule has 0 unspecified atom stereocenters. The van der Waals surface area contributed by atoms with Gasteiger partial charge in [0, 0.05) is 24.0 Å². The number of amides is 2. The molecule has 43 heavy (non-hydrogen) atoms. The molecule has 0 saturated carbocycles. The van der Waals surface area contributed by atoms with E-state index in [2.05, 4.69) is 5.32 Å². The van der Waals surface area contributed by atoms with Crippen LogP contribution in [0.2, 0.25) is 5.02 Å². The molecule has 0 aromatic heterocycles. The first-order valence-corrected chi connectivity index (χ1v) is 16.0. The Hall–Kier alpha value is -4.14. The Morgan fingerprint density at radius 1 is 0.814 bits per heavy atom. The van der Waals surface area contributed by atoms with Gasteiger partial charge in [-0.05, 0) is 54.8 Å². The largest absolute Gasteiger partial charge is 0.352 e. The van der Waals surface area contributed by atoms with Crippen LogP contribution in [0, 0.1) is 0 Å². The Balaban J connectivity index is 1.79. The van der Waals surface area contributed by atoms with Gasteiger partial charge in [-0.15, -0.1) is 0 Å². The van der Waals surface area contributed by atoms with E-state index < -0.39 is 28.5 Å². The third-order valence-corrected chi connectivity index (χ3v) is 9.38. The number of para-hydroxylation sites is 1. The molecule has 0 saturated heterocycles. The van der Waals surface area contributed by atoms with E-state index in [4.69, 9.17) is 11.6 Å². The zero-order chi connectivity index (χ0) is 30.8. The second-order valence-electron chi connectivity index (χ2n) is 10.3. The molecule has 0 radical (unpaired) electrons. The van der Waals surface area contributed by atoms with Crippen molar-refractivity contribution >= 4 is 39.1 Å². The number of hydrogen-bond acceptors (Lipinski definition) is 4. The van der Waals surface area contributed by atoms with Crippen molar-refractivity contribution in [3.63, 3.8) is 0 Å². The number of nitrogens with zero attached hydrogens (tertiary/aromatic N) is 2. The highest BCUT2D eigenvalue weighted by molar-refractivity contribution is 7.92. The second-order valence-corrected chi connectivity index (χ2v) is 12.6. The molecule has 0 bridgehead atoms. The Kier molecular flexibility index (Phi) is 11.0. The molecule has 4 aromatic rings. The molecular formula is C34H36ClN3O4S. The van der Waals surface area contributed by atoms with Gasteiger partial charge in [0.25, 0.3) is 10.0 Å². The summed E-state index contributed by atoms with van der Waals surface area (Å²) >= 11 is 6.53. The van der Waals surface area contributed by atoms with Gasteiger partial charge >= 0.3 is 0 Å². The highest BCUT2D eigenvalue weighted by atomic mass is 35.5. The van der Waals surface area contributed by atoms with Crippen LogP contribution in [0.1, 0.15) is 31.4 Å². The molecule has 2 atom stereocenters. The van der Waals surface area contributed by atoms with Crippen molar-refractivity contribution in [2.45, 2.75) is 50.2 Å². The van der Waals surface area contributed by atoms with Gasteiger partial charge in [0.05, 0.1) is 10.6 Å². The van der Waals surface area contributed by atoms with Gasteiger partial charge in [-0.1, -0.05) is 103 Å². The van der Waals surface area contributed by atoms with Crippen molar-refractivity contribution in [2.75, 3.05) is 10.8 Å². The summed E-state index contributed by atoms with van der Waals surface area (Å²) in [6.45, 7) is 3.36. The predicted octanol–water partition coefficient (Wildman–Crippen LogP) is 6.09. The average molecular weight is 618 g/mol. The van der Waals surface area contributed by atoms with Gasteiger partial charge in [-0.3, -0.25) is 13.9 Å². The third-order valence-electron chi connectivity index (χ3n) is 7.22. The molecule has 0 aliphatic rings. The zero-order valence-corrected chi connectivity index (χ0v) is 25.8. The molecule has 4 rings (SSSR count). The van der Waals surface area contributed by atoms with Crippen molar-refractivity contribution in [3.05, 3.63) is 131 Å². The van der Waals surface area contributed by atoms with Crippen molar-refractivity contribution in [2.24, 2.45) is 0 Å². The molecule has 224 valence electrons. The SMILES string of the molecule is CC[C@@H](C)NC(=O)[C@H](Cc1ccccc1)N(Cc1ccccc1Cl)C(=O)CN(c1ccccc1)S(=O)(=O)c1ccccc1. The summed E-state index contributed by atoms with van der Waals surface area (Å²) in [7, 11) is -4.13. The van der Waals surface area contributed by atoms with Crippen molar-refractivity contribution in [1.82, 2.24) is 10.2 Å². The first-order valence-electron chi connectivity index (χ1n) is 14.2. The number of anilines is 1. The Morgan fingerprint density at radius 2 is 1.37 bits per heavy atom. The summed E-state index contributed by atoms with van der Waals surface area (Å²) in [6, 6.07) is 32.0. The van der Waals surface area contributed by atoms with Crippen LogP contribution < -0.4 is 9.62 Å². The monoisotopic (exact) mass is 617 g/mol. The second kappa shape index (κ2) is 14.8. The van der Waals surface area contributed by atoms with E-state index in [1.165, 1.54) is 17.0 Å². The average Bonchev–Trinajstić information content (AvgIpc) is 3.03. The van der Waals surface area contributed by atoms with Crippen LogP contribution in [0.25, 0.3) is 0 Å². The molecule has 2 amide bonds. The minimum Gasteiger partial charge on any atom is -0.352 e. The van der Waals surface area contributed by atoms with Crippen molar-refractivity contribution < 1.29 is 18.0 Å². The lowest BCUT2D eigenvalue weighted by molar-refractivity contribution is -0.140. The number of carbonyl (C=O) groups excluding carboxylic acids is 2. The molecule has 0 fully saturated rings. The Morgan fingerprint density at radius 3 is 1.98 bits per heavy atom. The first kappa shape index (κ1) is 31.8. The fourth-order valence-electron chi connectivity index (χ4n) is 4.65. The van der Waals surface area contributed by atoms with E-state index in [9.17, 15) is 18.0 Å². The highest BCUT2D eigenvalue weighted by Gasteiger charge is 2.35. The maximum absolute atomic E-state index is 14.4. The third kappa shape index (κ3) is 8.24. The van der Waals surface area contributed by atoms with E-state index in [1.807, 2.05) is 50.2 Å². The van der Waals surface area contributed by atoms with Crippen LogP contribution in [0.3, 0.4) is 0 Å². The number of benzene rings is 4. The lowest BCUT2D eigenvalue weighted by atomic mass is 10.0. The van der Waals surface area contributed by atoms with Crippen LogP contribution >= 0.6 is 11.6 Å². The Bertz CT molecular complexity index is 1600. The predicted molar refractivity (Wildman–Crippen MR) is 171 cm³/mol. The topological polar surface area (TPSA) is 86.8 Å². The van der Waals surface area contributed by atoms with E-state index in [-0.39, 0.29) is 29.8 Å². The lowest BCUT2D eigenvalue weighted by Crippen LogP contribution is -2.54. The highest BCUT2D eigenvalue weighted by Crippen LogP contribution is 2.26. The number of sulfonamides is 1. The summed E-state index contributed by atoms with van der Waals surface area (Å²) in [5.74, 6) is -0.862. The fourth-order valence-corrected chi connectivity index (χ4v) is 6.28. The van der Waals surface area contributed by atoms with Gasteiger partial charge in [0.2, 0.25) is 11.8 Å². The summed E-state index contributed by atoms with van der Waals surface area (Å²) in [5, 5.41) is 3.47. The molecule has 0 aliphatic heterocycles. The van der Waals surface area contributed by atoms with E-state index >= 15 is 0 Å². The number of nitrogens with one attached hydrogen (secondary N) is 1. The summed E-state index contributed by atoms with van der Waals surface area (Å²) in [6.07, 6.45) is 0.940. The maximum atomic E-state index is 14.4. The summed E-state index contributed by atoms with van der Waals surface area (Å²) in [5.41, 5.74) is 1.84. The van der Waals surface area contributed by atoms with Gasteiger partial charge in [-0.2, -0.15) is 0 Å². The lowest BCUT2D eigenvalue weighted by Gasteiger charge is -2.34. The van der Waals surface area contributed by atoms with Crippen LogP contribution in [0.15, 0.2) is 120 Å². The minimum atomic E-state index is -4.13. The van der Waals surface area contributed by atoms with Crippen LogP contribution in [0.4, 0.5) is 5.69 Å². The van der Waals surface area contributed by atoms with Crippen LogP contribution in [0.5, 0.6) is 0 Å². The molecule has 9 heteroatoms. The normalized spacial score (nSPS) is 12.6. The molecule has 1 N–H and O–H groups in total. The molecule has 0 heterocycles. The van der Waals surface area contributed by atoms with Crippen molar-refractivity contribution in [1.29, 1.82) is 0 Å². The number of carbonyl (C=O) groups is 2. The van der Waals surface area contributed by atoms with Crippen LogP contribution in [-0.4, -0.2) is 43.8 Å². The smallest absolute Gasteiger partial charge is 0.264 e. The van der Waals surface area contributed by atoms with Gasteiger partial charge < -0.3 is 10.2 Å². The van der Waals surface area contributed by atoms with Gasteiger partial charge in [0.15, 0.2) is 0 Å².